The van der Waals surface area contributed by atoms with Gasteiger partial charge in [-0.15, -0.1) is 10.2 Å². The number of nitrogens with zero attached hydrogens (tertiary/aromatic N) is 5. The van der Waals surface area contributed by atoms with Crippen LogP contribution in [0.15, 0.2) is 22.9 Å². The van der Waals surface area contributed by atoms with Crippen molar-refractivity contribution in [2.75, 3.05) is 11.4 Å². The molecule has 0 amide bonds. The number of aromatic nitrogens is 3. The number of anilines is 1. The molecule has 0 N–H and O–H groups in total. The third kappa shape index (κ3) is 2.16. The van der Waals surface area contributed by atoms with Crippen LogP contribution in [0.25, 0.3) is 0 Å². The number of nitriles is 1. The molecule has 1 aromatic carbocycles. The van der Waals surface area contributed by atoms with E-state index < -0.39 is 6.67 Å². The van der Waals surface area contributed by atoms with Gasteiger partial charge < -0.3 is 9.47 Å². The van der Waals surface area contributed by atoms with Crippen LogP contribution in [0.1, 0.15) is 17.0 Å². The van der Waals surface area contributed by atoms with Crippen LogP contribution < -0.4 is 4.90 Å². The Hall–Kier alpha value is -1.94. The third-order valence-corrected chi connectivity index (χ3v) is 4.01. The molecule has 0 saturated heterocycles. The molecule has 0 unspecified atom stereocenters. The van der Waals surface area contributed by atoms with Gasteiger partial charge in [0.25, 0.3) is 0 Å². The van der Waals surface area contributed by atoms with E-state index in [1.165, 1.54) is 0 Å². The largest absolute Gasteiger partial charge is 0.362 e. The highest BCUT2D eigenvalue weighted by Gasteiger charge is 2.20. The van der Waals surface area contributed by atoms with Crippen LogP contribution in [-0.2, 0) is 19.8 Å². The summed E-state index contributed by atoms with van der Waals surface area (Å²) in [5.74, 6) is 0.870. The molecule has 2 aromatic rings. The predicted molar refractivity (Wildman–Crippen MR) is 74.7 cm³/mol. The molecule has 5 nitrogen and oxygen atoms in total. The van der Waals surface area contributed by atoms with Crippen molar-refractivity contribution >= 4 is 21.6 Å². The molecular weight excluding hydrogens is 325 g/mol. The zero-order chi connectivity index (χ0) is 14.1. The Kier molecular flexibility index (Phi) is 3.40. The minimum atomic E-state index is -0.633. The molecule has 2 heterocycles. The number of hydrogen-bond acceptors (Lipinski definition) is 4. The van der Waals surface area contributed by atoms with E-state index in [0.29, 0.717) is 17.7 Å². The van der Waals surface area contributed by atoms with Gasteiger partial charge in [-0.3, -0.25) is 0 Å². The smallest absolute Gasteiger partial charge is 0.200 e. The molecule has 0 saturated carbocycles. The Morgan fingerprint density at radius 3 is 2.95 bits per heavy atom. The van der Waals surface area contributed by atoms with E-state index in [4.69, 9.17) is 5.26 Å². The highest BCUT2D eigenvalue weighted by molar-refractivity contribution is 9.10. The van der Waals surface area contributed by atoms with E-state index in [9.17, 15) is 4.39 Å². The summed E-state index contributed by atoms with van der Waals surface area (Å²) in [5.41, 5.74) is 1.72. The number of alkyl halides is 1. The highest BCUT2D eigenvalue weighted by Crippen LogP contribution is 2.25. The number of fused-ring (bicyclic) bond motifs is 1. The fourth-order valence-corrected chi connectivity index (χ4v) is 2.80. The summed E-state index contributed by atoms with van der Waals surface area (Å²) in [4.78, 5) is 2.11. The van der Waals surface area contributed by atoms with Gasteiger partial charge in [-0.1, -0.05) is 0 Å². The van der Waals surface area contributed by atoms with Crippen molar-refractivity contribution in [2.24, 2.45) is 0 Å². The van der Waals surface area contributed by atoms with Gasteiger partial charge in [0.05, 0.1) is 18.2 Å². The van der Waals surface area contributed by atoms with Crippen molar-refractivity contribution < 1.29 is 4.39 Å². The van der Waals surface area contributed by atoms with E-state index in [-0.39, 0.29) is 0 Å². The maximum Gasteiger partial charge on any atom is 0.200 e. The quantitative estimate of drug-likeness (QED) is 0.845. The van der Waals surface area contributed by atoms with Gasteiger partial charge in [0.2, 0.25) is 0 Å². The van der Waals surface area contributed by atoms with E-state index in [1.807, 2.05) is 16.7 Å². The minimum absolute atomic E-state index is 0.388. The summed E-state index contributed by atoms with van der Waals surface area (Å²) in [6, 6.07) is 7.25. The van der Waals surface area contributed by atoms with E-state index in [1.54, 1.807) is 12.1 Å². The fourth-order valence-electron chi connectivity index (χ4n) is 2.34. The van der Waals surface area contributed by atoms with Gasteiger partial charge in [-0.05, 0) is 34.1 Å². The van der Waals surface area contributed by atoms with Crippen LogP contribution in [-0.4, -0.2) is 21.3 Å². The Bertz CT molecular complexity index is 691. The minimum Gasteiger partial charge on any atom is -0.362 e. The Balaban J connectivity index is 1.90. The maximum absolute atomic E-state index is 13.0. The van der Waals surface area contributed by atoms with Crippen LogP contribution >= 0.6 is 15.9 Å². The van der Waals surface area contributed by atoms with Crippen LogP contribution in [0.5, 0.6) is 0 Å². The zero-order valence-electron chi connectivity index (χ0n) is 10.6. The number of halogens is 2. The summed E-state index contributed by atoms with van der Waals surface area (Å²) in [7, 11) is 0. The van der Waals surface area contributed by atoms with Crippen molar-refractivity contribution in [3.05, 3.63) is 39.9 Å². The van der Waals surface area contributed by atoms with E-state index in [2.05, 4.69) is 31.0 Å². The molecule has 0 spiro atoms. The van der Waals surface area contributed by atoms with Crippen molar-refractivity contribution in [2.45, 2.75) is 19.8 Å². The standard InChI is InChI=1S/C13H11BrFN5/c14-13-18-17-12-8-19(3-4-20(12)13)11-2-1-9(7-16)10(5-11)6-15/h1-2,5H,3-4,6,8H2. The van der Waals surface area contributed by atoms with Crippen LogP contribution in [0.4, 0.5) is 10.1 Å². The first-order valence-electron chi connectivity index (χ1n) is 6.14. The summed E-state index contributed by atoms with van der Waals surface area (Å²) in [5, 5.41) is 17.0. The molecule has 0 aliphatic carbocycles. The lowest BCUT2D eigenvalue weighted by molar-refractivity contribution is 0.484. The molecule has 102 valence electrons. The molecule has 1 aromatic heterocycles. The summed E-state index contributed by atoms with van der Waals surface area (Å²) in [6.45, 7) is 1.55. The molecule has 7 heteroatoms. The summed E-state index contributed by atoms with van der Waals surface area (Å²) < 4.78 is 15.7. The molecule has 3 rings (SSSR count). The molecular formula is C13H11BrFN5. The molecule has 1 aliphatic heterocycles. The first kappa shape index (κ1) is 13.1. The Morgan fingerprint density at radius 2 is 2.20 bits per heavy atom. The van der Waals surface area contributed by atoms with Crippen molar-refractivity contribution in [3.63, 3.8) is 0 Å². The molecule has 0 radical (unpaired) electrons. The lowest BCUT2D eigenvalue weighted by Gasteiger charge is -2.29. The van der Waals surface area contributed by atoms with Crippen LogP contribution in [0.2, 0.25) is 0 Å². The number of benzene rings is 1. The van der Waals surface area contributed by atoms with Gasteiger partial charge in [0.1, 0.15) is 6.67 Å². The van der Waals surface area contributed by atoms with E-state index >= 15 is 0 Å². The first-order valence-corrected chi connectivity index (χ1v) is 6.93. The second kappa shape index (κ2) is 5.21. The predicted octanol–water partition coefficient (Wildman–Crippen LogP) is 2.40. The topological polar surface area (TPSA) is 57.7 Å². The molecule has 1 aliphatic rings. The van der Waals surface area contributed by atoms with Crippen LogP contribution in [0.3, 0.4) is 0 Å². The lowest BCUT2D eigenvalue weighted by Crippen LogP contribution is -2.33. The van der Waals surface area contributed by atoms with E-state index in [0.717, 1.165) is 29.3 Å². The second-order valence-corrected chi connectivity index (χ2v) is 5.25. The molecule has 0 bridgehead atoms. The SMILES string of the molecule is N#Cc1ccc(N2CCn3c(Br)nnc3C2)cc1CF. The van der Waals surface area contributed by atoms with Gasteiger partial charge in [-0.25, -0.2) is 4.39 Å². The zero-order valence-corrected chi connectivity index (χ0v) is 12.1. The van der Waals surface area contributed by atoms with Crippen molar-refractivity contribution in [1.82, 2.24) is 14.8 Å². The maximum atomic E-state index is 13.0. The normalized spacial score (nSPS) is 13.9. The Morgan fingerprint density at radius 1 is 1.35 bits per heavy atom. The molecule has 0 atom stereocenters. The third-order valence-electron chi connectivity index (χ3n) is 3.43. The number of hydrogen-bond donors (Lipinski definition) is 0. The summed E-state index contributed by atoms with van der Waals surface area (Å²) in [6.07, 6.45) is 0. The van der Waals surface area contributed by atoms with Gasteiger partial charge >= 0.3 is 0 Å². The van der Waals surface area contributed by atoms with Gasteiger partial charge in [0, 0.05) is 24.3 Å². The summed E-state index contributed by atoms with van der Waals surface area (Å²) >= 11 is 3.36. The van der Waals surface area contributed by atoms with Crippen LogP contribution in [0, 0.1) is 11.3 Å². The lowest BCUT2D eigenvalue weighted by atomic mass is 10.1. The Labute approximate surface area is 123 Å². The number of rotatable bonds is 2. The second-order valence-electron chi connectivity index (χ2n) is 4.55. The highest BCUT2D eigenvalue weighted by atomic mass is 79.9. The average molecular weight is 336 g/mol. The molecule has 20 heavy (non-hydrogen) atoms. The average Bonchev–Trinajstić information content (AvgIpc) is 2.87. The molecule has 0 fully saturated rings. The monoisotopic (exact) mass is 335 g/mol. The van der Waals surface area contributed by atoms with Crippen molar-refractivity contribution in [1.29, 1.82) is 5.26 Å². The first-order chi connectivity index (χ1) is 9.72. The van der Waals surface area contributed by atoms with Gasteiger partial charge in [-0.2, -0.15) is 5.26 Å². The van der Waals surface area contributed by atoms with Crippen molar-refractivity contribution in [3.8, 4) is 6.07 Å². The fraction of sp³-hybridized carbons (Fsp3) is 0.308. The van der Waals surface area contributed by atoms with Gasteiger partial charge in [0.15, 0.2) is 10.6 Å².